The predicted molar refractivity (Wildman–Crippen MR) is 438 cm³/mol. The number of amides is 2. The zero-order chi connectivity index (χ0) is 76.4. The number of hydrogen-bond acceptors (Lipinski definition) is 18. The Morgan fingerprint density at radius 1 is 0.443 bits per heavy atom. The van der Waals surface area contributed by atoms with E-state index in [1.54, 1.807) is 74.6 Å². The number of benzene rings is 6. The van der Waals surface area contributed by atoms with Crippen LogP contribution in [0, 0.1) is 5.92 Å². The summed E-state index contributed by atoms with van der Waals surface area (Å²) in [6.45, 7) is 15.5. The number of carboxylic acid groups (broad SMARTS) is 2. The van der Waals surface area contributed by atoms with E-state index in [-0.39, 0.29) is 49.3 Å². The first-order chi connectivity index (χ1) is 50.5. The molecule has 18 nitrogen and oxygen atoms in total. The third-order valence-corrected chi connectivity index (χ3v) is 18.9. The summed E-state index contributed by atoms with van der Waals surface area (Å²) in [5.41, 5.74) is 19.8. The molecule has 4 heterocycles. The average molecular weight is 1530 g/mol. The van der Waals surface area contributed by atoms with Crippen molar-refractivity contribution >= 4 is 105 Å². The molecule has 0 bridgehead atoms. The number of ether oxygens (including phenoxy) is 1. The van der Waals surface area contributed by atoms with E-state index in [1.165, 1.54) is 34.0 Å². The summed E-state index contributed by atoms with van der Waals surface area (Å²) in [6, 6.07) is 55.6. The quantitative estimate of drug-likeness (QED) is 0.0244. The fourth-order valence-electron chi connectivity index (χ4n) is 9.81. The van der Waals surface area contributed by atoms with Gasteiger partial charge in [0.25, 0.3) is 5.91 Å². The molecule has 8 N–H and O–H groups in total. The molecule has 0 aliphatic rings. The van der Waals surface area contributed by atoms with Gasteiger partial charge in [-0.15, -0.1) is 45.3 Å². The topological polar surface area (TPSA) is 297 Å². The molecule has 0 saturated carbocycles. The van der Waals surface area contributed by atoms with Gasteiger partial charge in [0.1, 0.15) is 32.4 Å². The van der Waals surface area contributed by atoms with Crippen LogP contribution in [0.2, 0.25) is 0 Å². The minimum atomic E-state index is -1.03. The van der Waals surface area contributed by atoms with E-state index >= 15 is 0 Å². The van der Waals surface area contributed by atoms with Gasteiger partial charge in [-0.05, 0) is 70.7 Å². The zero-order valence-corrected chi connectivity index (χ0v) is 66.0. The summed E-state index contributed by atoms with van der Waals surface area (Å²) >= 11 is 6.06. The van der Waals surface area contributed by atoms with Crippen LogP contribution in [0.25, 0.3) is 45.0 Å². The highest BCUT2D eigenvalue weighted by atomic mass is 32.1. The fourth-order valence-corrected chi connectivity index (χ4v) is 12.8. The van der Waals surface area contributed by atoms with Crippen molar-refractivity contribution in [2.45, 2.75) is 175 Å². The second-order valence-corrected chi connectivity index (χ2v) is 29.2. The summed E-state index contributed by atoms with van der Waals surface area (Å²) in [7, 11) is 0. The number of nitrogens with two attached hydrogens (primary N) is 2. The van der Waals surface area contributed by atoms with Crippen LogP contribution in [0.5, 0.6) is 0 Å². The fraction of sp³-hybridized carbons (Fsp3) is 0.337. The number of rotatable bonds is 30. The maximum absolute atomic E-state index is 12.9. The number of ketones is 3. The van der Waals surface area contributed by atoms with E-state index in [0.29, 0.717) is 47.7 Å². The number of nitrogens with one attached hydrogen (secondary N) is 2. The first-order valence-electron chi connectivity index (χ1n) is 35.5. The number of carbonyl (C=O) groups excluding carboxylic acids is 5. The Kier molecular flexibility index (Phi) is 41.5. The van der Waals surface area contributed by atoms with Gasteiger partial charge in [-0.1, -0.05) is 244 Å². The number of nitrogens with zero attached hydrogens (tertiary/aromatic N) is 4. The van der Waals surface area contributed by atoms with Crippen molar-refractivity contribution in [2.24, 2.45) is 11.7 Å². The van der Waals surface area contributed by atoms with Gasteiger partial charge in [0.15, 0.2) is 16.7 Å². The number of carboxylic acids is 2. The maximum Gasteiger partial charge on any atom is 0.408 e. The molecule has 106 heavy (non-hydrogen) atoms. The van der Waals surface area contributed by atoms with E-state index in [1.807, 2.05) is 175 Å². The van der Waals surface area contributed by atoms with Gasteiger partial charge < -0.3 is 37.1 Å². The summed E-state index contributed by atoms with van der Waals surface area (Å²) in [5.74, 6) is -1.56. The second kappa shape index (κ2) is 49.4. The molecule has 0 spiro atoms. The number of carbonyl (C=O) groups is 7. The van der Waals surface area contributed by atoms with Crippen molar-refractivity contribution in [1.82, 2.24) is 30.6 Å². The standard InChI is InChI=1S/C23H24N2O2S.C17H21NOS.C16H20N2OS.C11H21NO4.C9H8N2S.C7H6O2.H2S/c1-2-3-14-19(25-23(27)18-12-8-5-9-13-18)21(26)15-22-24-20(16-28-22)17-10-6-4-7-11-17;1-3-4-8-13(2)16(19)11-17-18-15(12-20-17)14-9-6-5-7-10-14;1-2-3-9-13(17)15(19)10-16-18-14(11-20-16)12-7-5-4-6-8-12;1-5-6-7-8(9(13)14)12-10(15)16-11(2,3)4;10-9-11-8(6-12-9)7-4-2-1-3-5-7;8-7(9)6-4-2-1-3-5-6;/h4-13,16,19H,2-3,14-15H2,1H3,(H,25,27);5-7,9-10,12-13H,3-4,8,11H2,1-2H3;4-8,11,13H,2-3,9-10,17H2,1H3;8H,5-7H2,1-4H3,(H,12,15)(H,13,14);1-6H,(H2,10,11);1-5H,(H,8,9);1H2/t19-;2*13-;8-;;;/m0000.../s1. The lowest BCUT2D eigenvalue weighted by Crippen LogP contribution is -2.43. The molecular formula is C83H102N8O10S5. The summed E-state index contributed by atoms with van der Waals surface area (Å²) in [5, 5.41) is 33.7. The van der Waals surface area contributed by atoms with Crippen LogP contribution in [-0.4, -0.2) is 95.2 Å². The Bertz CT molecular complexity index is 4050. The smallest absolute Gasteiger partial charge is 0.408 e. The number of aliphatic carboxylic acids is 1. The Labute approximate surface area is 647 Å². The molecule has 6 aromatic carbocycles. The predicted octanol–water partition coefficient (Wildman–Crippen LogP) is 19.1. The van der Waals surface area contributed by atoms with Crippen molar-refractivity contribution < 1.29 is 48.5 Å². The zero-order valence-electron chi connectivity index (χ0n) is 61.8. The van der Waals surface area contributed by atoms with E-state index in [0.717, 1.165) is 124 Å². The maximum atomic E-state index is 12.9. The Hall–Kier alpha value is -9.36. The number of thiazole rings is 4. The molecule has 4 atom stereocenters. The number of aromatic carboxylic acids is 1. The SMILES string of the molecule is CCCC[C@H](C)C(=O)Cc1nc(-c2ccccc2)cs1.CCCC[C@H](N)C(=O)Cc1nc(-c2ccccc2)cs1.CCCC[C@H](NC(=O)OC(C)(C)C)C(=O)O.CCCC[C@H](NC(=O)c1ccccc1)C(=O)Cc1nc(-c2ccccc2)cs1.Nc1nc(-c2ccccc2)cs1.O=C(O)c1ccccc1.S. The van der Waals surface area contributed by atoms with E-state index in [4.69, 9.17) is 26.4 Å². The summed E-state index contributed by atoms with van der Waals surface area (Å²) < 4.78 is 4.98. The molecule has 10 rings (SSSR count). The first kappa shape index (κ1) is 89.0. The van der Waals surface area contributed by atoms with Crippen molar-refractivity contribution in [3.05, 3.63) is 230 Å². The van der Waals surface area contributed by atoms with Crippen molar-refractivity contribution in [3.8, 4) is 45.0 Å². The first-order valence-corrected chi connectivity index (χ1v) is 39.0. The number of nitrogen functional groups attached to an aromatic ring is 1. The molecular weight excluding hydrogens is 1430 g/mol. The molecule has 0 aliphatic heterocycles. The van der Waals surface area contributed by atoms with Crippen LogP contribution in [-0.2, 0) is 43.2 Å². The van der Waals surface area contributed by atoms with Crippen LogP contribution < -0.4 is 22.1 Å². The van der Waals surface area contributed by atoms with Gasteiger partial charge >= 0.3 is 18.0 Å². The lowest BCUT2D eigenvalue weighted by atomic mass is 9.98. The highest BCUT2D eigenvalue weighted by Crippen LogP contribution is 2.27. The molecule has 4 aromatic heterocycles. The van der Waals surface area contributed by atoms with Crippen LogP contribution in [0.15, 0.2) is 204 Å². The highest BCUT2D eigenvalue weighted by Gasteiger charge is 2.25. The second-order valence-electron chi connectivity index (χ2n) is 25.5. The average Bonchev–Trinajstić information content (AvgIpc) is 1.76. The van der Waals surface area contributed by atoms with Gasteiger partial charge in [-0.3, -0.25) is 19.2 Å². The molecule has 0 aliphatic carbocycles. The minimum absolute atomic E-state index is 0. The van der Waals surface area contributed by atoms with Crippen molar-refractivity contribution in [3.63, 3.8) is 0 Å². The number of anilines is 1. The normalized spacial score (nSPS) is 11.6. The van der Waals surface area contributed by atoms with E-state index in [9.17, 15) is 33.6 Å². The molecule has 0 radical (unpaired) electrons. The molecule has 0 saturated heterocycles. The highest BCUT2D eigenvalue weighted by molar-refractivity contribution is 7.59. The van der Waals surface area contributed by atoms with Crippen LogP contribution in [0.1, 0.15) is 168 Å². The van der Waals surface area contributed by atoms with E-state index < -0.39 is 35.7 Å². The number of Topliss-reactive ketones (excluding diaryl/α,β-unsaturated/α-hetero) is 3. The lowest BCUT2D eigenvalue weighted by molar-refractivity contribution is -0.139. The number of hydrogen-bond donors (Lipinski definition) is 6. The van der Waals surface area contributed by atoms with Crippen molar-refractivity contribution in [1.29, 1.82) is 0 Å². The molecule has 0 unspecified atom stereocenters. The van der Waals surface area contributed by atoms with Crippen molar-refractivity contribution in [2.75, 3.05) is 5.73 Å². The monoisotopic (exact) mass is 1530 g/mol. The van der Waals surface area contributed by atoms with Gasteiger partial charge in [-0.25, -0.2) is 34.3 Å². The minimum Gasteiger partial charge on any atom is -0.480 e. The van der Waals surface area contributed by atoms with Crippen LogP contribution >= 0.6 is 58.8 Å². The molecule has 2 amide bonds. The molecule has 23 heteroatoms. The van der Waals surface area contributed by atoms with Gasteiger partial charge in [0.2, 0.25) is 0 Å². The van der Waals surface area contributed by atoms with Crippen LogP contribution in [0.3, 0.4) is 0 Å². The summed E-state index contributed by atoms with van der Waals surface area (Å²) in [4.78, 5) is 99.8. The lowest BCUT2D eigenvalue weighted by Gasteiger charge is -2.21. The molecule has 564 valence electrons. The Morgan fingerprint density at radius 3 is 1.14 bits per heavy atom. The summed E-state index contributed by atoms with van der Waals surface area (Å²) in [6.07, 6.45) is 11.0. The van der Waals surface area contributed by atoms with Gasteiger partial charge in [-0.2, -0.15) is 13.5 Å². The third kappa shape index (κ3) is 34.3. The third-order valence-electron chi connectivity index (χ3n) is 15.7. The van der Waals surface area contributed by atoms with Gasteiger partial charge in [0.05, 0.1) is 59.7 Å². The Balaban J connectivity index is 0.000000277. The van der Waals surface area contributed by atoms with E-state index in [2.05, 4.69) is 51.3 Å². The molecule has 0 fully saturated rings. The number of aromatic nitrogens is 4. The number of alkyl carbamates (subject to hydrolysis) is 1. The largest absolute Gasteiger partial charge is 0.480 e. The van der Waals surface area contributed by atoms with Gasteiger partial charge in [0, 0.05) is 55.3 Å². The Morgan fingerprint density at radius 2 is 0.783 bits per heavy atom. The number of unbranched alkanes of at least 4 members (excludes halogenated alkanes) is 4. The molecule has 10 aromatic rings. The van der Waals surface area contributed by atoms with Crippen LogP contribution in [0.4, 0.5) is 9.93 Å².